The molecule has 120 valence electrons. The number of carbonyl (C=O) groups excluding carboxylic acids is 1. The number of carbonyl (C=O) groups is 1. The van der Waals surface area contributed by atoms with Gasteiger partial charge in [0.15, 0.2) is 5.69 Å². The normalized spacial score (nSPS) is 20.6. The SMILES string of the molecule is C[C@@H]1CNCCN1C(=O)c1nn(-c2ccccc2)c2c1CCC2. The second-order valence-corrected chi connectivity index (χ2v) is 6.43. The second kappa shape index (κ2) is 5.81. The van der Waals surface area contributed by atoms with Crippen LogP contribution in [0.15, 0.2) is 30.3 Å². The fourth-order valence-electron chi connectivity index (χ4n) is 3.67. The molecule has 1 aliphatic carbocycles. The van der Waals surface area contributed by atoms with Crippen LogP contribution in [0, 0.1) is 0 Å². The van der Waals surface area contributed by atoms with Gasteiger partial charge in [0, 0.05) is 36.9 Å². The highest BCUT2D eigenvalue weighted by Crippen LogP contribution is 2.29. The first kappa shape index (κ1) is 14.5. The van der Waals surface area contributed by atoms with Gasteiger partial charge in [0.05, 0.1) is 5.69 Å². The summed E-state index contributed by atoms with van der Waals surface area (Å²) in [5.74, 6) is 0.0897. The number of hydrogen-bond acceptors (Lipinski definition) is 3. The summed E-state index contributed by atoms with van der Waals surface area (Å²) < 4.78 is 1.97. The Morgan fingerprint density at radius 2 is 2.09 bits per heavy atom. The highest BCUT2D eigenvalue weighted by molar-refractivity contribution is 5.94. The van der Waals surface area contributed by atoms with Crippen molar-refractivity contribution in [3.63, 3.8) is 0 Å². The van der Waals surface area contributed by atoms with Gasteiger partial charge in [0.1, 0.15) is 0 Å². The van der Waals surface area contributed by atoms with Gasteiger partial charge < -0.3 is 10.2 Å². The van der Waals surface area contributed by atoms with E-state index in [1.54, 1.807) is 0 Å². The summed E-state index contributed by atoms with van der Waals surface area (Å²) in [6.07, 6.45) is 3.07. The zero-order valence-electron chi connectivity index (χ0n) is 13.5. The number of hydrogen-bond donors (Lipinski definition) is 1. The molecule has 5 heteroatoms. The molecule has 2 aromatic rings. The third-order valence-electron chi connectivity index (χ3n) is 4.90. The van der Waals surface area contributed by atoms with Crippen molar-refractivity contribution in [2.45, 2.75) is 32.2 Å². The van der Waals surface area contributed by atoms with E-state index in [2.05, 4.69) is 12.2 Å². The molecule has 0 spiro atoms. The number of nitrogens with zero attached hydrogens (tertiary/aromatic N) is 3. The number of aromatic nitrogens is 2. The lowest BCUT2D eigenvalue weighted by Crippen LogP contribution is -2.52. The van der Waals surface area contributed by atoms with Crippen LogP contribution in [0.3, 0.4) is 0 Å². The fraction of sp³-hybridized carbons (Fsp3) is 0.444. The lowest BCUT2D eigenvalue weighted by Gasteiger charge is -2.33. The Bertz CT molecular complexity index is 722. The van der Waals surface area contributed by atoms with Gasteiger partial charge in [0.25, 0.3) is 5.91 Å². The van der Waals surface area contributed by atoms with E-state index in [0.29, 0.717) is 5.69 Å². The highest BCUT2D eigenvalue weighted by atomic mass is 16.2. The zero-order valence-corrected chi connectivity index (χ0v) is 13.5. The Labute approximate surface area is 136 Å². The second-order valence-electron chi connectivity index (χ2n) is 6.43. The van der Waals surface area contributed by atoms with E-state index in [9.17, 15) is 4.79 Å². The molecule has 2 heterocycles. The number of piperazine rings is 1. The molecule has 0 saturated carbocycles. The minimum absolute atomic E-state index is 0.0897. The van der Waals surface area contributed by atoms with E-state index in [-0.39, 0.29) is 11.9 Å². The Morgan fingerprint density at radius 1 is 1.26 bits per heavy atom. The van der Waals surface area contributed by atoms with Crippen molar-refractivity contribution >= 4 is 5.91 Å². The van der Waals surface area contributed by atoms with Crippen LogP contribution >= 0.6 is 0 Å². The molecule has 1 atom stereocenters. The predicted molar refractivity (Wildman–Crippen MR) is 89.0 cm³/mol. The molecular formula is C18H22N4O. The summed E-state index contributed by atoms with van der Waals surface area (Å²) in [7, 11) is 0. The summed E-state index contributed by atoms with van der Waals surface area (Å²) in [4.78, 5) is 15.0. The number of rotatable bonds is 2. The molecule has 2 aliphatic rings. The molecule has 1 aromatic heterocycles. The van der Waals surface area contributed by atoms with E-state index in [1.807, 2.05) is 39.9 Å². The van der Waals surface area contributed by atoms with E-state index in [0.717, 1.165) is 50.1 Å². The van der Waals surface area contributed by atoms with Crippen molar-refractivity contribution in [2.75, 3.05) is 19.6 Å². The van der Waals surface area contributed by atoms with E-state index >= 15 is 0 Å². The van der Waals surface area contributed by atoms with Gasteiger partial charge in [-0.1, -0.05) is 18.2 Å². The smallest absolute Gasteiger partial charge is 0.274 e. The van der Waals surface area contributed by atoms with Crippen LogP contribution in [0.4, 0.5) is 0 Å². The fourth-order valence-corrected chi connectivity index (χ4v) is 3.67. The first-order chi connectivity index (χ1) is 11.3. The number of nitrogens with one attached hydrogen (secondary N) is 1. The summed E-state index contributed by atoms with van der Waals surface area (Å²) in [5.41, 5.74) is 4.07. The van der Waals surface area contributed by atoms with Gasteiger partial charge >= 0.3 is 0 Å². The molecular weight excluding hydrogens is 288 g/mol. The lowest BCUT2D eigenvalue weighted by molar-refractivity contribution is 0.0648. The summed E-state index contributed by atoms with van der Waals surface area (Å²) in [6, 6.07) is 10.3. The van der Waals surface area contributed by atoms with Crippen LogP contribution in [0.25, 0.3) is 5.69 Å². The average molecular weight is 310 g/mol. The van der Waals surface area contributed by atoms with Gasteiger partial charge in [-0.05, 0) is 38.3 Å². The maximum absolute atomic E-state index is 13.0. The van der Waals surface area contributed by atoms with Crippen LogP contribution in [-0.2, 0) is 12.8 Å². The molecule has 5 nitrogen and oxygen atoms in total. The molecule has 1 fully saturated rings. The van der Waals surface area contributed by atoms with E-state index < -0.39 is 0 Å². The lowest BCUT2D eigenvalue weighted by atomic mass is 10.1. The van der Waals surface area contributed by atoms with Crippen molar-refractivity contribution in [2.24, 2.45) is 0 Å². The minimum atomic E-state index is 0.0897. The molecule has 0 bridgehead atoms. The number of benzene rings is 1. The van der Waals surface area contributed by atoms with E-state index in [4.69, 9.17) is 5.10 Å². The number of fused-ring (bicyclic) bond motifs is 1. The monoisotopic (exact) mass is 310 g/mol. The number of amides is 1. The summed E-state index contributed by atoms with van der Waals surface area (Å²) in [5, 5.41) is 8.05. The average Bonchev–Trinajstić information content (AvgIpc) is 3.18. The third-order valence-corrected chi connectivity index (χ3v) is 4.90. The zero-order chi connectivity index (χ0) is 15.8. The molecule has 23 heavy (non-hydrogen) atoms. The van der Waals surface area contributed by atoms with Gasteiger partial charge in [-0.2, -0.15) is 5.10 Å². The first-order valence-electron chi connectivity index (χ1n) is 8.43. The molecule has 1 amide bonds. The number of para-hydroxylation sites is 1. The summed E-state index contributed by atoms with van der Waals surface area (Å²) in [6.45, 7) is 4.57. The third kappa shape index (κ3) is 2.45. The van der Waals surface area contributed by atoms with Crippen LogP contribution in [0.2, 0.25) is 0 Å². The molecule has 1 saturated heterocycles. The van der Waals surface area contributed by atoms with Crippen molar-refractivity contribution in [1.29, 1.82) is 0 Å². The quantitative estimate of drug-likeness (QED) is 0.920. The standard InChI is InChI=1S/C18H22N4O/c1-13-12-19-10-11-21(13)18(23)17-15-8-5-9-16(15)22(20-17)14-6-3-2-4-7-14/h2-4,6-7,13,19H,5,8-12H2,1H3/t13-/m1/s1. The predicted octanol–water partition coefficient (Wildman–Crippen LogP) is 1.79. The molecule has 1 N–H and O–H groups in total. The molecule has 1 aromatic carbocycles. The molecule has 4 rings (SSSR count). The van der Waals surface area contributed by atoms with Gasteiger partial charge in [0.2, 0.25) is 0 Å². The topological polar surface area (TPSA) is 50.2 Å². The molecule has 1 aliphatic heterocycles. The Kier molecular flexibility index (Phi) is 3.65. The summed E-state index contributed by atoms with van der Waals surface area (Å²) >= 11 is 0. The van der Waals surface area contributed by atoms with Crippen molar-refractivity contribution < 1.29 is 4.79 Å². The van der Waals surface area contributed by atoms with Crippen LogP contribution < -0.4 is 5.32 Å². The van der Waals surface area contributed by atoms with Crippen molar-refractivity contribution in [3.8, 4) is 5.69 Å². The maximum Gasteiger partial charge on any atom is 0.274 e. The van der Waals surface area contributed by atoms with Crippen LogP contribution in [0.5, 0.6) is 0 Å². The largest absolute Gasteiger partial charge is 0.332 e. The van der Waals surface area contributed by atoms with Crippen molar-refractivity contribution in [1.82, 2.24) is 20.0 Å². The maximum atomic E-state index is 13.0. The Balaban J connectivity index is 1.74. The first-order valence-corrected chi connectivity index (χ1v) is 8.43. The molecule has 0 radical (unpaired) electrons. The minimum Gasteiger partial charge on any atom is -0.332 e. The highest BCUT2D eigenvalue weighted by Gasteiger charge is 2.32. The van der Waals surface area contributed by atoms with Crippen LogP contribution in [-0.4, -0.2) is 46.3 Å². The van der Waals surface area contributed by atoms with Crippen molar-refractivity contribution in [3.05, 3.63) is 47.3 Å². The van der Waals surface area contributed by atoms with Gasteiger partial charge in [-0.25, -0.2) is 4.68 Å². The Hall–Kier alpha value is -2.14. The van der Waals surface area contributed by atoms with E-state index in [1.165, 1.54) is 5.69 Å². The Morgan fingerprint density at radius 3 is 2.87 bits per heavy atom. The van der Waals surface area contributed by atoms with Gasteiger partial charge in [-0.3, -0.25) is 4.79 Å². The van der Waals surface area contributed by atoms with Crippen LogP contribution in [0.1, 0.15) is 35.1 Å². The van der Waals surface area contributed by atoms with Gasteiger partial charge in [-0.15, -0.1) is 0 Å². The molecule has 0 unspecified atom stereocenters.